The van der Waals surface area contributed by atoms with E-state index in [0.717, 1.165) is 25.7 Å². The second-order valence-electron chi connectivity index (χ2n) is 4.04. The zero-order valence-corrected chi connectivity index (χ0v) is 9.61. The molecule has 5 nitrogen and oxygen atoms in total. The molecule has 0 aromatic carbocycles. The standard InChI is InChI=1S/C10H15ClN4O/c11-8-5-9(15-10(12)14-8)13-6-3-1-2-4-7(6)16/h5-7,16H,1-4H2,(H3,12,13,14,15)/t6-,7-/m1/s1. The summed E-state index contributed by atoms with van der Waals surface area (Å²) in [5.74, 6) is 0.712. The normalized spacial score (nSPS) is 25.4. The Morgan fingerprint density at radius 3 is 2.81 bits per heavy atom. The van der Waals surface area contributed by atoms with Gasteiger partial charge in [-0.3, -0.25) is 0 Å². The summed E-state index contributed by atoms with van der Waals surface area (Å²) in [6.07, 6.45) is 3.62. The molecule has 0 amide bonds. The van der Waals surface area contributed by atoms with Gasteiger partial charge in [0.05, 0.1) is 12.1 Å². The van der Waals surface area contributed by atoms with Crippen LogP contribution in [0.4, 0.5) is 11.8 Å². The van der Waals surface area contributed by atoms with E-state index in [4.69, 9.17) is 17.3 Å². The summed E-state index contributed by atoms with van der Waals surface area (Å²) in [6, 6.07) is 1.64. The first-order valence-corrected chi connectivity index (χ1v) is 5.77. The third kappa shape index (κ3) is 2.74. The molecule has 0 saturated heterocycles. The number of hydrogen-bond acceptors (Lipinski definition) is 5. The zero-order valence-electron chi connectivity index (χ0n) is 8.86. The Balaban J connectivity index is 2.07. The summed E-state index contributed by atoms with van der Waals surface area (Å²) in [6.45, 7) is 0. The van der Waals surface area contributed by atoms with Gasteiger partial charge in [-0.05, 0) is 12.8 Å². The molecule has 88 valence electrons. The molecule has 1 aromatic rings. The lowest BCUT2D eigenvalue weighted by Gasteiger charge is -2.28. The second-order valence-corrected chi connectivity index (χ2v) is 4.42. The van der Waals surface area contributed by atoms with E-state index in [1.54, 1.807) is 6.07 Å². The molecule has 1 aliphatic rings. The minimum atomic E-state index is -0.330. The molecule has 0 radical (unpaired) electrons. The van der Waals surface area contributed by atoms with Gasteiger partial charge < -0.3 is 16.2 Å². The van der Waals surface area contributed by atoms with Gasteiger partial charge in [0.2, 0.25) is 5.95 Å². The van der Waals surface area contributed by atoms with Crippen molar-refractivity contribution in [2.45, 2.75) is 37.8 Å². The summed E-state index contributed by atoms with van der Waals surface area (Å²) in [5.41, 5.74) is 5.49. The van der Waals surface area contributed by atoms with Gasteiger partial charge in [0.25, 0.3) is 0 Å². The second kappa shape index (κ2) is 4.84. The van der Waals surface area contributed by atoms with Crippen molar-refractivity contribution in [3.63, 3.8) is 0 Å². The quantitative estimate of drug-likeness (QED) is 0.684. The molecular weight excluding hydrogens is 228 g/mol. The highest BCUT2D eigenvalue weighted by molar-refractivity contribution is 6.29. The number of anilines is 2. The van der Waals surface area contributed by atoms with Crippen molar-refractivity contribution in [1.82, 2.24) is 9.97 Å². The third-order valence-electron chi connectivity index (χ3n) is 2.77. The topological polar surface area (TPSA) is 84.1 Å². The Morgan fingerprint density at radius 1 is 1.38 bits per heavy atom. The van der Waals surface area contributed by atoms with Gasteiger partial charge in [0, 0.05) is 6.07 Å². The number of aliphatic hydroxyl groups excluding tert-OH is 1. The number of nitrogens with one attached hydrogen (secondary N) is 1. The minimum Gasteiger partial charge on any atom is -0.391 e. The van der Waals surface area contributed by atoms with E-state index in [9.17, 15) is 5.11 Å². The Bertz CT molecular complexity index is 354. The van der Waals surface area contributed by atoms with Crippen LogP contribution in [-0.4, -0.2) is 27.2 Å². The van der Waals surface area contributed by atoms with Crippen molar-refractivity contribution >= 4 is 23.4 Å². The van der Waals surface area contributed by atoms with Crippen LogP contribution in [0.25, 0.3) is 0 Å². The highest BCUT2D eigenvalue weighted by Gasteiger charge is 2.23. The average molecular weight is 243 g/mol. The summed E-state index contributed by atoms with van der Waals surface area (Å²) in [7, 11) is 0. The first-order valence-electron chi connectivity index (χ1n) is 5.40. The largest absolute Gasteiger partial charge is 0.391 e. The van der Waals surface area contributed by atoms with Crippen LogP contribution in [0.2, 0.25) is 5.15 Å². The smallest absolute Gasteiger partial charge is 0.223 e. The molecule has 4 N–H and O–H groups in total. The van der Waals surface area contributed by atoms with Crippen LogP contribution in [0.1, 0.15) is 25.7 Å². The lowest BCUT2D eigenvalue weighted by Crippen LogP contribution is -2.36. The molecule has 0 bridgehead atoms. The number of aliphatic hydroxyl groups is 1. The van der Waals surface area contributed by atoms with E-state index >= 15 is 0 Å². The first kappa shape index (κ1) is 11.4. The molecule has 2 atom stereocenters. The van der Waals surface area contributed by atoms with Gasteiger partial charge in [-0.25, -0.2) is 4.98 Å². The van der Waals surface area contributed by atoms with Crippen LogP contribution in [0.15, 0.2) is 6.07 Å². The molecule has 2 rings (SSSR count). The highest BCUT2D eigenvalue weighted by Crippen LogP contribution is 2.22. The lowest BCUT2D eigenvalue weighted by atomic mass is 9.93. The predicted molar refractivity (Wildman–Crippen MR) is 63.3 cm³/mol. The molecule has 1 saturated carbocycles. The Labute approximate surface area is 99.0 Å². The minimum absolute atomic E-state index is 0.0270. The number of hydrogen-bond donors (Lipinski definition) is 3. The molecule has 16 heavy (non-hydrogen) atoms. The molecule has 0 spiro atoms. The summed E-state index contributed by atoms with van der Waals surface area (Å²) >= 11 is 5.77. The zero-order chi connectivity index (χ0) is 11.5. The van der Waals surface area contributed by atoms with Crippen LogP contribution in [-0.2, 0) is 0 Å². The first-order chi connectivity index (χ1) is 7.65. The van der Waals surface area contributed by atoms with E-state index in [-0.39, 0.29) is 18.1 Å². The van der Waals surface area contributed by atoms with E-state index in [0.29, 0.717) is 11.0 Å². The lowest BCUT2D eigenvalue weighted by molar-refractivity contribution is 0.116. The van der Waals surface area contributed by atoms with Crippen molar-refractivity contribution < 1.29 is 5.11 Å². The van der Waals surface area contributed by atoms with E-state index in [2.05, 4.69) is 15.3 Å². The molecule has 1 heterocycles. The molecule has 6 heteroatoms. The number of aromatic nitrogens is 2. The number of halogens is 1. The molecule has 1 aliphatic carbocycles. The fourth-order valence-electron chi connectivity index (χ4n) is 1.98. The summed E-state index contributed by atoms with van der Waals surface area (Å²) in [4.78, 5) is 7.80. The third-order valence-corrected chi connectivity index (χ3v) is 2.97. The molecule has 0 aliphatic heterocycles. The van der Waals surface area contributed by atoms with Crippen LogP contribution in [0.3, 0.4) is 0 Å². The van der Waals surface area contributed by atoms with Crippen LogP contribution < -0.4 is 11.1 Å². The molecule has 0 unspecified atom stereocenters. The Morgan fingerprint density at radius 2 is 2.12 bits per heavy atom. The van der Waals surface area contributed by atoms with Crippen LogP contribution in [0, 0.1) is 0 Å². The fourth-order valence-corrected chi connectivity index (χ4v) is 2.17. The van der Waals surface area contributed by atoms with Crippen molar-refractivity contribution in [3.8, 4) is 0 Å². The van der Waals surface area contributed by atoms with Gasteiger partial charge in [-0.2, -0.15) is 4.98 Å². The summed E-state index contributed by atoms with van der Waals surface area (Å²) in [5, 5.41) is 13.3. The van der Waals surface area contributed by atoms with Gasteiger partial charge in [-0.15, -0.1) is 0 Å². The van der Waals surface area contributed by atoms with E-state index in [1.165, 1.54) is 0 Å². The number of nitrogens with zero attached hydrogens (tertiary/aromatic N) is 2. The fraction of sp³-hybridized carbons (Fsp3) is 0.600. The SMILES string of the molecule is Nc1nc(Cl)cc(N[C@@H]2CCCC[C@H]2O)n1. The van der Waals surface area contributed by atoms with Crippen molar-refractivity contribution in [2.75, 3.05) is 11.1 Å². The van der Waals surface area contributed by atoms with Crippen molar-refractivity contribution in [3.05, 3.63) is 11.2 Å². The Kier molecular flexibility index (Phi) is 3.46. The van der Waals surface area contributed by atoms with Gasteiger partial charge in [0.1, 0.15) is 11.0 Å². The molecular formula is C10H15ClN4O. The maximum absolute atomic E-state index is 9.80. The number of nitrogen functional groups attached to an aromatic ring is 1. The van der Waals surface area contributed by atoms with Gasteiger partial charge in [-0.1, -0.05) is 24.4 Å². The van der Waals surface area contributed by atoms with Crippen molar-refractivity contribution in [1.29, 1.82) is 0 Å². The molecule has 1 aromatic heterocycles. The maximum atomic E-state index is 9.80. The Hall–Kier alpha value is -1.07. The predicted octanol–water partition coefficient (Wildman–Crippen LogP) is 1.43. The van der Waals surface area contributed by atoms with Crippen LogP contribution >= 0.6 is 11.6 Å². The van der Waals surface area contributed by atoms with Crippen molar-refractivity contribution in [2.24, 2.45) is 0 Å². The number of rotatable bonds is 2. The number of nitrogens with two attached hydrogens (primary N) is 1. The van der Waals surface area contributed by atoms with Gasteiger partial charge >= 0.3 is 0 Å². The van der Waals surface area contributed by atoms with E-state index in [1.807, 2.05) is 0 Å². The van der Waals surface area contributed by atoms with Crippen LogP contribution in [0.5, 0.6) is 0 Å². The molecule has 1 fully saturated rings. The monoisotopic (exact) mass is 242 g/mol. The summed E-state index contributed by atoms with van der Waals surface area (Å²) < 4.78 is 0. The highest BCUT2D eigenvalue weighted by atomic mass is 35.5. The maximum Gasteiger partial charge on any atom is 0.223 e. The van der Waals surface area contributed by atoms with E-state index < -0.39 is 0 Å². The van der Waals surface area contributed by atoms with Gasteiger partial charge in [0.15, 0.2) is 0 Å². The average Bonchev–Trinajstić information content (AvgIpc) is 2.20.